The van der Waals surface area contributed by atoms with Gasteiger partial charge in [0, 0.05) is 17.8 Å². The molecule has 2 aromatic rings. The number of terminal acetylenes is 1. The van der Waals surface area contributed by atoms with Gasteiger partial charge in [0.1, 0.15) is 12.4 Å². The van der Waals surface area contributed by atoms with Gasteiger partial charge in [-0.3, -0.25) is 0 Å². The number of aliphatic hydroxyl groups is 1. The molecule has 0 aliphatic carbocycles. The van der Waals surface area contributed by atoms with Crippen LogP contribution in [0.1, 0.15) is 11.1 Å². The van der Waals surface area contributed by atoms with E-state index in [1.165, 1.54) is 0 Å². The van der Waals surface area contributed by atoms with E-state index < -0.39 is 0 Å². The van der Waals surface area contributed by atoms with Crippen molar-refractivity contribution in [1.82, 2.24) is 0 Å². The molecule has 0 heterocycles. The van der Waals surface area contributed by atoms with Crippen LogP contribution in [0, 0.1) is 12.3 Å². The Bertz CT molecular complexity index is 585. The van der Waals surface area contributed by atoms with E-state index in [0.717, 1.165) is 22.6 Å². The third kappa shape index (κ3) is 3.78. The summed E-state index contributed by atoms with van der Waals surface area (Å²) < 4.78 is 5.50. The minimum Gasteiger partial charge on any atom is -0.481 e. The number of aliphatic hydroxyl groups excluding tert-OH is 1. The quantitative estimate of drug-likeness (QED) is 0.791. The first-order chi connectivity index (χ1) is 9.83. The van der Waals surface area contributed by atoms with Crippen molar-refractivity contribution in [3.63, 3.8) is 0 Å². The molecule has 0 saturated carbocycles. The van der Waals surface area contributed by atoms with Gasteiger partial charge < -0.3 is 15.2 Å². The Morgan fingerprint density at radius 3 is 2.55 bits per heavy atom. The van der Waals surface area contributed by atoms with Crippen LogP contribution in [0.5, 0.6) is 5.75 Å². The first-order valence-electron chi connectivity index (χ1n) is 6.41. The Hall–Kier alpha value is -2.44. The number of nitrogens with one attached hydrogen (secondary N) is 1. The zero-order valence-corrected chi connectivity index (χ0v) is 11.2. The van der Waals surface area contributed by atoms with Crippen molar-refractivity contribution < 1.29 is 9.84 Å². The number of anilines is 1. The predicted octanol–water partition coefficient (Wildman–Crippen LogP) is 2.80. The third-order valence-electron chi connectivity index (χ3n) is 2.90. The molecule has 20 heavy (non-hydrogen) atoms. The summed E-state index contributed by atoms with van der Waals surface area (Å²) in [6.45, 7) is 0.977. The van der Waals surface area contributed by atoms with E-state index in [2.05, 4.69) is 11.2 Å². The molecule has 102 valence electrons. The predicted molar refractivity (Wildman–Crippen MR) is 80.5 cm³/mol. The molecule has 3 nitrogen and oxygen atoms in total. The van der Waals surface area contributed by atoms with Crippen LogP contribution in [0.25, 0.3) is 0 Å². The van der Waals surface area contributed by atoms with Crippen LogP contribution in [0.3, 0.4) is 0 Å². The van der Waals surface area contributed by atoms with E-state index in [4.69, 9.17) is 16.3 Å². The van der Waals surface area contributed by atoms with Gasteiger partial charge in [-0.2, -0.15) is 0 Å². The molecule has 0 amide bonds. The number of rotatable bonds is 6. The highest BCUT2D eigenvalue weighted by Crippen LogP contribution is 2.19. The van der Waals surface area contributed by atoms with Crippen molar-refractivity contribution in [2.75, 3.05) is 11.9 Å². The molecule has 0 aliphatic heterocycles. The van der Waals surface area contributed by atoms with E-state index in [1.54, 1.807) is 0 Å². The Kier molecular flexibility index (Phi) is 5.05. The fourth-order valence-corrected chi connectivity index (χ4v) is 1.84. The summed E-state index contributed by atoms with van der Waals surface area (Å²) in [6.07, 6.45) is 5.21. The van der Waals surface area contributed by atoms with Crippen LogP contribution in [0.15, 0.2) is 48.5 Å². The molecule has 2 N–H and O–H groups in total. The first-order valence-corrected chi connectivity index (χ1v) is 6.41. The van der Waals surface area contributed by atoms with Gasteiger partial charge in [-0.1, -0.05) is 36.3 Å². The summed E-state index contributed by atoms with van der Waals surface area (Å²) in [5.41, 5.74) is 2.94. The highest BCUT2D eigenvalue weighted by Gasteiger charge is 2.02. The Balaban J connectivity index is 2.01. The maximum atomic E-state index is 9.00. The standard InChI is InChI=1S/C17H17NO2/c1-2-11-20-17-6-4-3-5-15(17)12-18-16-9-7-14(13-19)8-10-16/h1,3-10,18-19H,11-13H2. The van der Waals surface area contributed by atoms with E-state index in [9.17, 15) is 0 Å². The highest BCUT2D eigenvalue weighted by atomic mass is 16.5. The molecule has 2 aromatic carbocycles. The van der Waals surface area contributed by atoms with E-state index in [0.29, 0.717) is 6.54 Å². The van der Waals surface area contributed by atoms with Gasteiger partial charge in [0.25, 0.3) is 0 Å². The largest absolute Gasteiger partial charge is 0.481 e. The highest BCUT2D eigenvalue weighted by molar-refractivity contribution is 5.46. The number of ether oxygens (including phenoxy) is 1. The third-order valence-corrected chi connectivity index (χ3v) is 2.90. The molecule has 0 bridgehead atoms. The topological polar surface area (TPSA) is 41.5 Å². The maximum absolute atomic E-state index is 9.00. The molecule has 0 aliphatic rings. The van der Waals surface area contributed by atoms with Crippen molar-refractivity contribution >= 4 is 5.69 Å². The maximum Gasteiger partial charge on any atom is 0.148 e. The molecule has 0 radical (unpaired) electrons. The van der Waals surface area contributed by atoms with Crippen molar-refractivity contribution in [2.45, 2.75) is 13.2 Å². The summed E-state index contributed by atoms with van der Waals surface area (Å²) in [5.74, 6) is 3.26. The second kappa shape index (κ2) is 7.22. The molecule has 0 atom stereocenters. The van der Waals surface area contributed by atoms with Crippen LogP contribution in [0.4, 0.5) is 5.69 Å². The molecule has 0 unspecified atom stereocenters. The van der Waals surface area contributed by atoms with E-state index in [1.807, 2.05) is 48.5 Å². The van der Waals surface area contributed by atoms with Crippen LogP contribution < -0.4 is 10.1 Å². The van der Waals surface area contributed by atoms with E-state index >= 15 is 0 Å². The SMILES string of the molecule is C#CCOc1ccccc1CNc1ccc(CO)cc1. The number of hydrogen-bond donors (Lipinski definition) is 2. The molecule has 0 saturated heterocycles. The smallest absolute Gasteiger partial charge is 0.148 e. The van der Waals surface area contributed by atoms with Gasteiger partial charge in [0.15, 0.2) is 0 Å². The molecule has 0 fully saturated rings. The van der Waals surface area contributed by atoms with Crippen LogP contribution in [0.2, 0.25) is 0 Å². The fraction of sp³-hybridized carbons (Fsp3) is 0.176. The van der Waals surface area contributed by atoms with Crippen molar-refractivity contribution in [3.8, 4) is 18.1 Å². The summed E-state index contributed by atoms with van der Waals surface area (Å²) in [4.78, 5) is 0. The molecular weight excluding hydrogens is 250 g/mol. The van der Waals surface area contributed by atoms with Gasteiger partial charge in [-0.05, 0) is 23.8 Å². The van der Waals surface area contributed by atoms with Crippen LogP contribution >= 0.6 is 0 Å². The van der Waals surface area contributed by atoms with E-state index in [-0.39, 0.29) is 13.2 Å². The van der Waals surface area contributed by atoms with Crippen LogP contribution in [-0.4, -0.2) is 11.7 Å². The second-order valence-corrected chi connectivity index (χ2v) is 4.31. The monoisotopic (exact) mass is 267 g/mol. The fourth-order valence-electron chi connectivity index (χ4n) is 1.84. The molecule has 0 aromatic heterocycles. The van der Waals surface area contributed by atoms with Crippen molar-refractivity contribution in [3.05, 3.63) is 59.7 Å². The van der Waals surface area contributed by atoms with Gasteiger partial charge >= 0.3 is 0 Å². The Morgan fingerprint density at radius 2 is 1.85 bits per heavy atom. The minimum atomic E-state index is 0.0586. The number of benzene rings is 2. The first kappa shape index (κ1) is 14.0. The summed E-state index contributed by atoms with van der Waals surface area (Å²) >= 11 is 0. The molecule has 3 heteroatoms. The molecule has 2 rings (SSSR count). The lowest BCUT2D eigenvalue weighted by atomic mass is 10.2. The lowest BCUT2D eigenvalue weighted by Crippen LogP contribution is -2.03. The zero-order valence-electron chi connectivity index (χ0n) is 11.2. The normalized spacial score (nSPS) is 9.80. The average molecular weight is 267 g/mol. The lowest BCUT2D eigenvalue weighted by molar-refractivity contribution is 0.282. The number of para-hydroxylation sites is 1. The second-order valence-electron chi connectivity index (χ2n) is 4.31. The van der Waals surface area contributed by atoms with Gasteiger partial charge in [-0.15, -0.1) is 6.42 Å². The lowest BCUT2D eigenvalue weighted by Gasteiger charge is -2.11. The van der Waals surface area contributed by atoms with Gasteiger partial charge in [-0.25, -0.2) is 0 Å². The zero-order chi connectivity index (χ0) is 14.2. The minimum absolute atomic E-state index is 0.0586. The van der Waals surface area contributed by atoms with Gasteiger partial charge in [0.05, 0.1) is 6.61 Å². The summed E-state index contributed by atoms with van der Waals surface area (Å²) in [6, 6.07) is 15.5. The van der Waals surface area contributed by atoms with Crippen LogP contribution in [-0.2, 0) is 13.2 Å². The number of hydrogen-bond acceptors (Lipinski definition) is 3. The average Bonchev–Trinajstić information content (AvgIpc) is 2.52. The Labute approximate surface area is 119 Å². The summed E-state index contributed by atoms with van der Waals surface area (Å²) in [5, 5.41) is 12.3. The van der Waals surface area contributed by atoms with Crippen molar-refractivity contribution in [2.24, 2.45) is 0 Å². The Morgan fingerprint density at radius 1 is 1.10 bits per heavy atom. The summed E-state index contributed by atoms with van der Waals surface area (Å²) in [7, 11) is 0. The molecule has 0 spiro atoms. The van der Waals surface area contributed by atoms with Crippen molar-refractivity contribution in [1.29, 1.82) is 0 Å². The van der Waals surface area contributed by atoms with Gasteiger partial charge in [0.2, 0.25) is 0 Å². The molecular formula is C17H17NO2.